The van der Waals surface area contributed by atoms with Gasteiger partial charge in [-0.2, -0.15) is 5.10 Å². The second-order valence-electron chi connectivity index (χ2n) is 5.52. The largest absolute Gasteiger partial charge is 0.573 e. The number of amides is 1. The number of benzene rings is 1. The van der Waals surface area contributed by atoms with E-state index in [1.54, 1.807) is 0 Å². The Labute approximate surface area is 158 Å². The molecule has 0 aliphatic heterocycles. The number of hydrogen-bond acceptors (Lipinski definition) is 8. The van der Waals surface area contributed by atoms with Gasteiger partial charge in [0, 0.05) is 14.1 Å². The number of halogens is 3. The van der Waals surface area contributed by atoms with E-state index in [1.165, 1.54) is 14.1 Å². The minimum atomic E-state index is -4.90. The summed E-state index contributed by atoms with van der Waals surface area (Å²) in [5.41, 5.74) is -2.77. The van der Waals surface area contributed by atoms with Gasteiger partial charge < -0.3 is 4.74 Å². The molecule has 15 heteroatoms. The van der Waals surface area contributed by atoms with Crippen LogP contribution in [0.2, 0.25) is 0 Å². The van der Waals surface area contributed by atoms with Crippen LogP contribution in [-0.2, 0) is 14.1 Å². The lowest BCUT2D eigenvalue weighted by Gasteiger charge is -2.11. The third kappa shape index (κ3) is 4.12. The number of rotatable bonds is 4. The van der Waals surface area contributed by atoms with Crippen molar-refractivity contribution in [3.63, 3.8) is 0 Å². The van der Waals surface area contributed by atoms with E-state index >= 15 is 0 Å². The summed E-state index contributed by atoms with van der Waals surface area (Å²) in [6.45, 7) is 0. The molecule has 152 valence electrons. The molecule has 0 aliphatic carbocycles. The number of carbonyl (C=O) groups is 1. The van der Waals surface area contributed by atoms with E-state index in [4.69, 9.17) is 0 Å². The van der Waals surface area contributed by atoms with Crippen LogP contribution >= 0.6 is 0 Å². The average Bonchev–Trinajstić information content (AvgIpc) is 3.03. The van der Waals surface area contributed by atoms with Crippen molar-refractivity contribution in [2.75, 3.05) is 5.32 Å². The minimum Gasteiger partial charge on any atom is -0.406 e. The van der Waals surface area contributed by atoms with Gasteiger partial charge >= 0.3 is 12.1 Å². The molecule has 0 fully saturated rings. The van der Waals surface area contributed by atoms with Gasteiger partial charge in [0.05, 0.1) is 5.69 Å². The van der Waals surface area contributed by atoms with E-state index in [1.807, 2.05) is 0 Å². The number of nitrogens with one attached hydrogen (secondary N) is 1. The Balaban J connectivity index is 2.02. The smallest absolute Gasteiger partial charge is 0.406 e. The standard InChI is InChI=1S/C14H11F3N8O4/c1-23-12(19-21-22-23)18-10(26)9-11(27)25(13(28)24(2)20-9)7-3-5-8(6-4-7)29-14(15,16)17/h3-6H,1-2H3,(H,18,19,22,26). The van der Waals surface area contributed by atoms with Crippen molar-refractivity contribution in [1.82, 2.24) is 34.6 Å². The number of aryl methyl sites for hydroxylation is 2. The predicted octanol–water partition coefficient (Wildman–Crippen LogP) is -0.394. The minimum absolute atomic E-state index is 0.0785. The van der Waals surface area contributed by atoms with Crippen LogP contribution in [0.4, 0.5) is 19.1 Å². The number of ether oxygens (including phenoxy) is 1. The lowest BCUT2D eigenvalue weighted by atomic mass is 10.3. The van der Waals surface area contributed by atoms with Gasteiger partial charge in [-0.25, -0.2) is 18.7 Å². The summed E-state index contributed by atoms with van der Waals surface area (Å²) >= 11 is 0. The predicted molar refractivity (Wildman–Crippen MR) is 88.5 cm³/mol. The van der Waals surface area contributed by atoms with Crippen molar-refractivity contribution in [2.24, 2.45) is 14.1 Å². The number of alkyl halides is 3. The Morgan fingerprint density at radius 3 is 2.31 bits per heavy atom. The summed E-state index contributed by atoms with van der Waals surface area (Å²) in [5, 5.41) is 16.3. The van der Waals surface area contributed by atoms with Crippen LogP contribution in [0.15, 0.2) is 33.9 Å². The number of carbonyl (C=O) groups excluding carboxylic acids is 1. The molecule has 3 rings (SSSR count). The Morgan fingerprint density at radius 2 is 1.76 bits per heavy atom. The highest BCUT2D eigenvalue weighted by molar-refractivity contribution is 6.01. The molecule has 0 spiro atoms. The van der Waals surface area contributed by atoms with Crippen molar-refractivity contribution in [3.05, 3.63) is 50.8 Å². The first-order valence-corrected chi connectivity index (χ1v) is 7.67. The van der Waals surface area contributed by atoms with Crippen molar-refractivity contribution >= 4 is 11.9 Å². The van der Waals surface area contributed by atoms with Gasteiger partial charge in [-0.15, -0.1) is 13.2 Å². The normalized spacial score (nSPS) is 11.3. The SMILES string of the molecule is Cn1nnnc1NC(=O)c1nn(C)c(=O)n(-c2ccc(OC(F)(F)F)cc2)c1=O. The van der Waals surface area contributed by atoms with E-state index in [9.17, 15) is 27.6 Å². The second kappa shape index (κ2) is 7.17. The third-order valence-electron chi connectivity index (χ3n) is 3.51. The molecule has 0 saturated heterocycles. The van der Waals surface area contributed by atoms with Crippen molar-refractivity contribution < 1.29 is 22.7 Å². The average molecular weight is 412 g/mol. The zero-order valence-corrected chi connectivity index (χ0v) is 14.7. The van der Waals surface area contributed by atoms with Crippen LogP contribution in [0, 0.1) is 0 Å². The van der Waals surface area contributed by atoms with E-state index in [2.05, 4.69) is 30.7 Å². The zero-order valence-electron chi connectivity index (χ0n) is 14.7. The van der Waals surface area contributed by atoms with E-state index in [0.717, 1.165) is 33.6 Å². The third-order valence-corrected chi connectivity index (χ3v) is 3.51. The molecule has 0 aliphatic rings. The van der Waals surface area contributed by atoms with Crippen LogP contribution in [0.25, 0.3) is 5.69 Å². The summed E-state index contributed by atoms with van der Waals surface area (Å²) in [6, 6.07) is 3.94. The lowest BCUT2D eigenvalue weighted by Crippen LogP contribution is -2.43. The van der Waals surface area contributed by atoms with Gasteiger partial charge in [0.1, 0.15) is 5.75 Å². The summed E-state index contributed by atoms with van der Waals surface area (Å²) in [7, 11) is 2.63. The molecule has 0 unspecified atom stereocenters. The lowest BCUT2D eigenvalue weighted by molar-refractivity contribution is -0.274. The Kier molecular flexibility index (Phi) is 4.88. The summed E-state index contributed by atoms with van der Waals surface area (Å²) in [5.74, 6) is -1.62. The molecule has 29 heavy (non-hydrogen) atoms. The molecular weight excluding hydrogens is 401 g/mol. The van der Waals surface area contributed by atoms with Gasteiger partial charge in [0.2, 0.25) is 11.6 Å². The maximum Gasteiger partial charge on any atom is 0.573 e. The van der Waals surface area contributed by atoms with Crippen LogP contribution in [0.1, 0.15) is 10.5 Å². The zero-order chi connectivity index (χ0) is 21.3. The van der Waals surface area contributed by atoms with Gasteiger partial charge in [0.25, 0.3) is 11.5 Å². The quantitative estimate of drug-likeness (QED) is 0.611. The van der Waals surface area contributed by atoms with Gasteiger partial charge in [-0.3, -0.25) is 14.9 Å². The Morgan fingerprint density at radius 1 is 1.10 bits per heavy atom. The summed E-state index contributed by atoms with van der Waals surface area (Å²) in [6.07, 6.45) is -4.90. The molecule has 1 amide bonds. The molecule has 2 aromatic heterocycles. The number of tetrazole rings is 1. The molecule has 12 nitrogen and oxygen atoms in total. The fourth-order valence-corrected chi connectivity index (χ4v) is 2.24. The molecule has 1 N–H and O–H groups in total. The highest BCUT2D eigenvalue weighted by Gasteiger charge is 2.31. The fraction of sp³-hybridized carbons (Fsp3) is 0.214. The Hall–Kier alpha value is -4.04. The summed E-state index contributed by atoms with van der Waals surface area (Å²) in [4.78, 5) is 37.4. The van der Waals surface area contributed by atoms with Crippen LogP contribution in [0.3, 0.4) is 0 Å². The van der Waals surface area contributed by atoms with E-state index in [-0.39, 0.29) is 11.6 Å². The monoisotopic (exact) mass is 412 g/mol. The van der Waals surface area contributed by atoms with Crippen molar-refractivity contribution in [1.29, 1.82) is 0 Å². The molecule has 1 aromatic carbocycles. The fourth-order valence-electron chi connectivity index (χ4n) is 2.24. The topological polar surface area (TPSA) is 139 Å². The molecular formula is C14H11F3N8O4. The summed E-state index contributed by atoms with van der Waals surface area (Å²) < 4.78 is 43.0. The number of aromatic nitrogens is 7. The van der Waals surface area contributed by atoms with E-state index in [0.29, 0.717) is 4.57 Å². The molecule has 0 saturated carbocycles. The molecule has 2 heterocycles. The number of hydrogen-bond donors (Lipinski definition) is 1. The maximum absolute atomic E-state index is 12.7. The highest BCUT2D eigenvalue weighted by Crippen LogP contribution is 2.23. The van der Waals surface area contributed by atoms with E-state index < -0.39 is 35.0 Å². The first-order valence-electron chi connectivity index (χ1n) is 7.67. The first kappa shape index (κ1) is 19.7. The van der Waals surface area contributed by atoms with Crippen molar-refractivity contribution in [2.45, 2.75) is 6.36 Å². The highest BCUT2D eigenvalue weighted by atomic mass is 19.4. The van der Waals surface area contributed by atoms with Crippen LogP contribution < -0.4 is 21.3 Å². The Bertz CT molecular complexity index is 1180. The van der Waals surface area contributed by atoms with Gasteiger partial charge in [-0.1, -0.05) is 5.10 Å². The van der Waals surface area contributed by atoms with Crippen LogP contribution in [0.5, 0.6) is 5.75 Å². The first-order chi connectivity index (χ1) is 13.6. The van der Waals surface area contributed by atoms with Crippen molar-refractivity contribution in [3.8, 4) is 11.4 Å². The molecule has 0 bridgehead atoms. The van der Waals surface area contributed by atoms with Crippen LogP contribution in [-0.4, -0.2) is 46.8 Å². The number of anilines is 1. The molecule has 0 atom stereocenters. The molecule has 3 aromatic rings. The second-order valence-corrected chi connectivity index (χ2v) is 5.52. The van der Waals surface area contributed by atoms with Gasteiger partial charge in [-0.05, 0) is 34.7 Å². The molecule has 0 radical (unpaired) electrons. The number of nitrogens with zero attached hydrogens (tertiary/aromatic N) is 7. The maximum atomic E-state index is 12.7. The van der Waals surface area contributed by atoms with Gasteiger partial charge in [0.15, 0.2) is 0 Å².